The lowest BCUT2D eigenvalue weighted by atomic mass is 10.0. The van der Waals surface area contributed by atoms with E-state index in [1.54, 1.807) is 42.5 Å². The summed E-state index contributed by atoms with van der Waals surface area (Å²) in [6.07, 6.45) is 1.48. The highest BCUT2D eigenvalue weighted by molar-refractivity contribution is 7.86. The molecule has 0 bridgehead atoms. The molecule has 0 aromatic heterocycles. The highest BCUT2D eigenvalue weighted by Crippen LogP contribution is 2.16. The van der Waals surface area contributed by atoms with Crippen molar-refractivity contribution in [2.45, 2.75) is 18.2 Å². The first-order valence-electron chi connectivity index (χ1n) is 7.48. The van der Waals surface area contributed by atoms with Crippen molar-refractivity contribution >= 4 is 31.4 Å². The van der Waals surface area contributed by atoms with E-state index in [0.29, 0.717) is 11.1 Å². The Bertz CT molecular complexity index is 994. The molecule has 2 aromatic carbocycles. The SMILES string of the molecule is C=Cc1ccccc1C(CCOS(=O)(=O)c1ccc(C)cc1)=S(=O)=O. The molecule has 5 nitrogen and oxygen atoms in total. The van der Waals surface area contributed by atoms with Gasteiger partial charge in [-0.15, -0.1) is 0 Å². The Labute approximate surface area is 149 Å². The minimum atomic E-state index is -3.93. The van der Waals surface area contributed by atoms with E-state index in [1.165, 1.54) is 12.1 Å². The lowest BCUT2D eigenvalue weighted by Gasteiger charge is -2.08. The predicted octanol–water partition coefficient (Wildman–Crippen LogP) is 2.83. The number of hydrogen-bond donors (Lipinski definition) is 0. The summed E-state index contributed by atoms with van der Waals surface area (Å²) in [6, 6.07) is 13.1. The molecule has 0 radical (unpaired) electrons. The number of aryl methyl sites for hydroxylation is 1. The molecule has 25 heavy (non-hydrogen) atoms. The maximum Gasteiger partial charge on any atom is 0.296 e. The third-order valence-corrected chi connectivity index (χ3v) is 5.71. The largest absolute Gasteiger partial charge is 0.296 e. The molecule has 0 fully saturated rings. The summed E-state index contributed by atoms with van der Waals surface area (Å²) in [7, 11) is -6.43. The van der Waals surface area contributed by atoms with E-state index >= 15 is 0 Å². The number of hydrogen-bond acceptors (Lipinski definition) is 5. The van der Waals surface area contributed by atoms with E-state index in [4.69, 9.17) is 4.18 Å². The van der Waals surface area contributed by atoms with Gasteiger partial charge in [0.05, 0.1) is 16.4 Å². The van der Waals surface area contributed by atoms with Gasteiger partial charge in [0.2, 0.25) is 10.3 Å². The van der Waals surface area contributed by atoms with Gasteiger partial charge in [0.25, 0.3) is 10.1 Å². The molecular weight excluding hydrogens is 360 g/mol. The summed E-state index contributed by atoms with van der Waals surface area (Å²) in [6.45, 7) is 5.23. The van der Waals surface area contributed by atoms with Crippen LogP contribution < -0.4 is 0 Å². The normalized spacial score (nSPS) is 11.1. The van der Waals surface area contributed by atoms with Crippen LogP contribution in [0.5, 0.6) is 0 Å². The van der Waals surface area contributed by atoms with Crippen LogP contribution >= 0.6 is 0 Å². The molecule has 0 unspecified atom stereocenters. The van der Waals surface area contributed by atoms with Gasteiger partial charge in [-0.1, -0.05) is 54.6 Å². The quantitative estimate of drug-likeness (QED) is 0.421. The molecule has 0 spiro atoms. The zero-order valence-corrected chi connectivity index (χ0v) is 15.3. The summed E-state index contributed by atoms with van der Waals surface area (Å²) >= 11 is 0. The summed E-state index contributed by atoms with van der Waals surface area (Å²) in [5, 5.41) is 0. The fourth-order valence-corrected chi connectivity index (χ4v) is 3.78. The van der Waals surface area contributed by atoms with Crippen LogP contribution in [0.25, 0.3) is 6.08 Å². The third kappa shape index (κ3) is 4.88. The summed E-state index contributed by atoms with van der Waals surface area (Å²) in [5.41, 5.74) is 2.07. The fraction of sp³-hybridized carbons (Fsp3) is 0.167. The predicted molar refractivity (Wildman–Crippen MR) is 98.5 cm³/mol. The molecule has 0 atom stereocenters. The van der Waals surface area contributed by atoms with Gasteiger partial charge in [0.15, 0.2) is 0 Å². The van der Waals surface area contributed by atoms with Gasteiger partial charge in [0, 0.05) is 12.0 Å². The van der Waals surface area contributed by atoms with Crippen molar-refractivity contribution in [2.75, 3.05) is 6.61 Å². The second-order valence-corrected chi connectivity index (χ2v) is 7.87. The standard InChI is InChI=1S/C18H18O5S2/c1-3-15-6-4-5-7-17(15)18(24(19)20)12-13-23-25(21,22)16-10-8-14(2)9-11-16/h3-11H,1,12-13H2,2H3. The van der Waals surface area contributed by atoms with Crippen molar-refractivity contribution in [3.63, 3.8) is 0 Å². The smallest absolute Gasteiger partial charge is 0.266 e. The average Bonchev–Trinajstić information content (AvgIpc) is 2.59. The van der Waals surface area contributed by atoms with E-state index < -0.39 is 20.4 Å². The lowest BCUT2D eigenvalue weighted by molar-refractivity contribution is 0.329. The first-order valence-corrected chi connectivity index (χ1v) is 9.96. The molecule has 2 rings (SSSR count). The molecule has 0 N–H and O–H groups in total. The first-order chi connectivity index (χ1) is 11.8. The minimum Gasteiger partial charge on any atom is -0.266 e. The Morgan fingerprint density at radius 3 is 2.36 bits per heavy atom. The van der Waals surface area contributed by atoms with Crippen molar-refractivity contribution in [2.24, 2.45) is 0 Å². The highest BCUT2D eigenvalue weighted by atomic mass is 32.2. The molecule has 2 aromatic rings. The van der Waals surface area contributed by atoms with Crippen LogP contribution in [0, 0.1) is 6.92 Å². The maximum absolute atomic E-state index is 12.2. The Morgan fingerprint density at radius 2 is 1.76 bits per heavy atom. The Balaban J connectivity index is 2.17. The van der Waals surface area contributed by atoms with E-state index in [0.717, 1.165) is 5.56 Å². The van der Waals surface area contributed by atoms with E-state index in [-0.39, 0.29) is 22.8 Å². The van der Waals surface area contributed by atoms with Crippen LogP contribution in [0.15, 0.2) is 60.0 Å². The van der Waals surface area contributed by atoms with Crippen molar-refractivity contribution < 1.29 is 21.0 Å². The van der Waals surface area contributed by atoms with Crippen LogP contribution in [0.4, 0.5) is 0 Å². The van der Waals surface area contributed by atoms with Crippen LogP contribution in [0.3, 0.4) is 0 Å². The highest BCUT2D eigenvalue weighted by Gasteiger charge is 2.16. The molecule has 0 saturated carbocycles. The minimum absolute atomic E-state index is 0.0365. The van der Waals surface area contributed by atoms with E-state index in [9.17, 15) is 16.8 Å². The molecular formula is C18H18O5S2. The molecule has 0 amide bonds. The molecule has 0 aliphatic heterocycles. The lowest BCUT2D eigenvalue weighted by Crippen LogP contribution is -2.13. The zero-order chi connectivity index (χ0) is 18.4. The van der Waals surface area contributed by atoms with E-state index in [2.05, 4.69) is 6.58 Å². The average molecular weight is 378 g/mol. The Kier molecular flexibility index (Phi) is 6.30. The molecule has 0 saturated heterocycles. The van der Waals surface area contributed by atoms with Crippen LogP contribution in [0.1, 0.15) is 23.1 Å². The van der Waals surface area contributed by atoms with Crippen molar-refractivity contribution in [1.29, 1.82) is 0 Å². The molecule has 0 aliphatic rings. The third-order valence-electron chi connectivity index (χ3n) is 3.56. The second kappa shape index (κ2) is 8.24. The van der Waals surface area contributed by atoms with E-state index in [1.807, 2.05) is 6.92 Å². The number of benzene rings is 2. The molecule has 0 aliphatic carbocycles. The molecule has 132 valence electrons. The topological polar surface area (TPSA) is 77.5 Å². The summed E-state index contributed by atoms with van der Waals surface area (Å²) < 4.78 is 52.4. The summed E-state index contributed by atoms with van der Waals surface area (Å²) in [4.78, 5) is 0.115. The van der Waals surface area contributed by atoms with Gasteiger partial charge < -0.3 is 0 Å². The van der Waals surface area contributed by atoms with Gasteiger partial charge in [-0.3, -0.25) is 4.18 Å². The van der Waals surface area contributed by atoms with Gasteiger partial charge >= 0.3 is 0 Å². The van der Waals surface area contributed by atoms with Crippen molar-refractivity contribution in [3.8, 4) is 0 Å². The van der Waals surface area contributed by atoms with Crippen LogP contribution in [-0.2, 0) is 24.6 Å². The summed E-state index contributed by atoms with van der Waals surface area (Å²) in [5.74, 6) is 0. The molecule has 7 heteroatoms. The molecule has 0 heterocycles. The van der Waals surface area contributed by atoms with Crippen molar-refractivity contribution in [3.05, 3.63) is 71.8 Å². The van der Waals surface area contributed by atoms with Gasteiger partial charge in [-0.05, 0) is 24.6 Å². The fourth-order valence-electron chi connectivity index (χ4n) is 2.25. The van der Waals surface area contributed by atoms with Gasteiger partial charge in [-0.25, -0.2) is 0 Å². The van der Waals surface area contributed by atoms with Crippen LogP contribution in [-0.4, -0.2) is 28.3 Å². The van der Waals surface area contributed by atoms with Gasteiger partial charge in [0.1, 0.15) is 0 Å². The van der Waals surface area contributed by atoms with Crippen molar-refractivity contribution in [1.82, 2.24) is 0 Å². The first kappa shape index (κ1) is 19.1. The van der Waals surface area contributed by atoms with Gasteiger partial charge in [-0.2, -0.15) is 16.8 Å². The zero-order valence-electron chi connectivity index (χ0n) is 13.7. The maximum atomic E-state index is 12.2. The second-order valence-electron chi connectivity index (χ2n) is 5.29. The van der Waals surface area contributed by atoms with Crippen LogP contribution in [0.2, 0.25) is 0 Å². The Hall–Kier alpha value is -2.22. The number of rotatable bonds is 7. The monoisotopic (exact) mass is 378 g/mol. The Morgan fingerprint density at radius 1 is 1.12 bits per heavy atom.